The van der Waals surface area contributed by atoms with Gasteiger partial charge in [0.05, 0.1) is 41.4 Å². The van der Waals surface area contributed by atoms with Crippen LogP contribution in [0.5, 0.6) is 0 Å². The average molecular weight is 746 g/mol. The lowest BCUT2D eigenvalue weighted by atomic mass is 9.91. The number of fused-ring (bicyclic) bond motifs is 2. The summed E-state index contributed by atoms with van der Waals surface area (Å²) in [6, 6.07) is 9.97. The van der Waals surface area contributed by atoms with E-state index in [1.807, 2.05) is 69.8 Å². The second-order valence-corrected chi connectivity index (χ2v) is 15.9. The second kappa shape index (κ2) is 14.3. The molecule has 2 aliphatic heterocycles. The minimum absolute atomic E-state index is 0.234. The van der Waals surface area contributed by atoms with Gasteiger partial charge in [-0.15, -0.1) is 11.3 Å². The standard InChI is InChI=1S/C38H44ClN7O5S/c1-8-50-36(47)32(51-38(3,4)5)28-21(2)17-26-33(29(28)22-9-11-24(39)12-10-22)52-35(42-26)27-18-40-34-31(41-27)30(43-44(34)6)23-13-15-45(16-14-23)25-19-46(20-25)37(48)49-7/h9-12,17-18,23,25,32H,8,13-16,19-20H2,1-7H3/t32-/m0/s1. The molecule has 274 valence electrons. The van der Waals surface area contributed by atoms with Gasteiger partial charge in [-0.25, -0.2) is 29.2 Å². The molecule has 5 heterocycles. The van der Waals surface area contributed by atoms with E-state index < -0.39 is 17.7 Å². The Labute approximate surface area is 312 Å². The average Bonchev–Trinajstić information content (AvgIpc) is 3.67. The van der Waals surface area contributed by atoms with E-state index in [9.17, 15) is 9.59 Å². The van der Waals surface area contributed by atoms with Gasteiger partial charge >= 0.3 is 12.1 Å². The van der Waals surface area contributed by atoms with Crippen molar-refractivity contribution in [2.45, 2.75) is 71.1 Å². The van der Waals surface area contributed by atoms with Gasteiger partial charge in [-0.3, -0.25) is 4.90 Å². The number of benzene rings is 2. The molecule has 0 saturated carbocycles. The van der Waals surface area contributed by atoms with Crippen LogP contribution in [-0.4, -0.2) is 98.1 Å². The van der Waals surface area contributed by atoms with Crippen molar-refractivity contribution in [1.29, 1.82) is 0 Å². The molecule has 2 aliphatic rings. The number of carbonyl (C=O) groups excluding carboxylic acids is 2. The smallest absolute Gasteiger partial charge is 0.409 e. The number of rotatable bonds is 8. The molecule has 14 heteroatoms. The molecule has 12 nitrogen and oxygen atoms in total. The largest absolute Gasteiger partial charge is 0.464 e. The van der Waals surface area contributed by atoms with E-state index >= 15 is 0 Å². The Kier molecular flexibility index (Phi) is 9.98. The van der Waals surface area contributed by atoms with Gasteiger partial charge in [-0.05, 0) is 89.9 Å². The van der Waals surface area contributed by atoms with E-state index in [2.05, 4.69) is 4.90 Å². The summed E-state index contributed by atoms with van der Waals surface area (Å²) in [5.74, 6) is -0.206. The van der Waals surface area contributed by atoms with Crippen LogP contribution in [0.15, 0.2) is 36.5 Å². The molecule has 0 bridgehead atoms. The third-order valence-corrected chi connectivity index (χ3v) is 11.2. The maximum atomic E-state index is 13.6. The predicted molar refractivity (Wildman–Crippen MR) is 202 cm³/mol. The zero-order valence-corrected chi connectivity index (χ0v) is 32.2. The van der Waals surface area contributed by atoms with Crippen LogP contribution >= 0.6 is 22.9 Å². The zero-order chi connectivity index (χ0) is 36.9. The highest BCUT2D eigenvalue weighted by molar-refractivity contribution is 7.22. The van der Waals surface area contributed by atoms with E-state index in [1.165, 1.54) is 18.4 Å². The Morgan fingerprint density at radius 3 is 2.46 bits per heavy atom. The van der Waals surface area contributed by atoms with Gasteiger partial charge in [0.15, 0.2) is 11.8 Å². The van der Waals surface area contributed by atoms with Crippen molar-refractivity contribution in [1.82, 2.24) is 34.5 Å². The molecule has 2 saturated heterocycles. The van der Waals surface area contributed by atoms with Gasteiger partial charge < -0.3 is 19.1 Å². The van der Waals surface area contributed by atoms with Gasteiger partial charge in [0, 0.05) is 48.2 Å². The number of amides is 1. The molecule has 1 atom stereocenters. The maximum Gasteiger partial charge on any atom is 0.409 e. The summed E-state index contributed by atoms with van der Waals surface area (Å²) in [6.45, 7) is 13.0. The van der Waals surface area contributed by atoms with Crippen molar-refractivity contribution in [3.63, 3.8) is 0 Å². The zero-order valence-electron chi connectivity index (χ0n) is 30.6. The summed E-state index contributed by atoms with van der Waals surface area (Å²) in [5.41, 5.74) is 6.62. The Bertz CT molecular complexity index is 2130. The molecular weight excluding hydrogens is 702 g/mol. The number of ether oxygens (including phenoxy) is 3. The van der Waals surface area contributed by atoms with Gasteiger partial charge in [-0.1, -0.05) is 23.7 Å². The fourth-order valence-corrected chi connectivity index (χ4v) is 8.49. The lowest BCUT2D eigenvalue weighted by molar-refractivity contribution is -0.166. The Hall–Kier alpha value is -4.17. The summed E-state index contributed by atoms with van der Waals surface area (Å²) in [6.07, 6.45) is 2.42. The van der Waals surface area contributed by atoms with Crippen molar-refractivity contribution in [3.05, 3.63) is 58.4 Å². The highest BCUT2D eigenvalue weighted by Gasteiger charge is 2.38. The number of hydrogen-bond donors (Lipinski definition) is 0. The van der Waals surface area contributed by atoms with Crippen molar-refractivity contribution in [2.75, 3.05) is 39.9 Å². The third-order valence-electron chi connectivity index (χ3n) is 9.80. The molecule has 0 spiro atoms. The van der Waals surface area contributed by atoms with E-state index in [0.29, 0.717) is 34.9 Å². The normalized spacial score (nSPS) is 16.7. The maximum absolute atomic E-state index is 13.6. The number of hydrogen-bond acceptors (Lipinski definition) is 11. The summed E-state index contributed by atoms with van der Waals surface area (Å²) < 4.78 is 19.6. The van der Waals surface area contributed by atoms with Crippen LogP contribution in [0.2, 0.25) is 5.02 Å². The van der Waals surface area contributed by atoms with Crippen molar-refractivity contribution < 1.29 is 23.8 Å². The van der Waals surface area contributed by atoms with Gasteiger partial charge in [0.2, 0.25) is 0 Å². The molecule has 7 rings (SSSR count). The summed E-state index contributed by atoms with van der Waals surface area (Å²) in [5, 5.41) is 6.25. The number of aryl methyl sites for hydroxylation is 2. The first-order chi connectivity index (χ1) is 24.8. The summed E-state index contributed by atoms with van der Waals surface area (Å²) in [7, 11) is 3.33. The number of halogens is 1. The molecule has 0 radical (unpaired) electrons. The number of carbonyl (C=O) groups is 2. The number of nitrogens with zero attached hydrogens (tertiary/aromatic N) is 7. The first-order valence-electron chi connectivity index (χ1n) is 17.7. The number of aromatic nitrogens is 5. The van der Waals surface area contributed by atoms with Crippen molar-refractivity contribution in [2.24, 2.45) is 7.05 Å². The van der Waals surface area contributed by atoms with E-state index in [0.717, 1.165) is 75.3 Å². The highest BCUT2D eigenvalue weighted by Crippen LogP contribution is 2.45. The SMILES string of the molecule is CCOC(=O)[C@@H](OC(C)(C)C)c1c(C)cc2nc(-c3cnc4c(n3)c(C3CCN(C5CN(C(=O)OC)C5)CC3)nn4C)sc2c1-c1ccc(Cl)cc1. The predicted octanol–water partition coefficient (Wildman–Crippen LogP) is 7.32. The third kappa shape index (κ3) is 6.99. The number of piperidine rings is 1. The number of thiazole rings is 1. The number of methoxy groups -OCH3 is 1. The second-order valence-electron chi connectivity index (χ2n) is 14.5. The fourth-order valence-electron chi connectivity index (χ4n) is 7.29. The molecule has 52 heavy (non-hydrogen) atoms. The van der Waals surface area contributed by atoms with Crippen LogP contribution in [0.1, 0.15) is 69.4 Å². The molecule has 2 fully saturated rings. The Balaban J connectivity index is 1.26. The van der Waals surface area contributed by atoms with Gasteiger partial charge in [0.1, 0.15) is 16.2 Å². The molecule has 3 aromatic heterocycles. The molecule has 0 unspecified atom stereocenters. The lowest BCUT2D eigenvalue weighted by Crippen LogP contribution is -2.62. The van der Waals surface area contributed by atoms with Crippen LogP contribution in [-0.2, 0) is 26.1 Å². The molecule has 0 N–H and O–H groups in total. The van der Waals surface area contributed by atoms with Crippen LogP contribution in [0.25, 0.3) is 43.2 Å². The molecule has 1 amide bonds. The van der Waals surface area contributed by atoms with Gasteiger partial charge in [-0.2, -0.15) is 5.10 Å². The first-order valence-corrected chi connectivity index (χ1v) is 18.9. The lowest BCUT2D eigenvalue weighted by Gasteiger charge is -2.46. The van der Waals surface area contributed by atoms with Gasteiger partial charge in [0.25, 0.3) is 0 Å². The summed E-state index contributed by atoms with van der Waals surface area (Å²) in [4.78, 5) is 44.7. The van der Waals surface area contributed by atoms with E-state index in [-0.39, 0.29) is 18.6 Å². The minimum atomic E-state index is -0.961. The first kappa shape index (κ1) is 36.2. The van der Waals surface area contributed by atoms with E-state index in [4.69, 9.17) is 45.9 Å². The van der Waals surface area contributed by atoms with Crippen LogP contribution in [0.3, 0.4) is 0 Å². The quantitative estimate of drug-likeness (QED) is 0.149. The van der Waals surface area contributed by atoms with Crippen LogP contribution in [0.4, 0.5) is 4.79 Å². The topological polar surface area (TPSA) is 125 Å². The molecular formula is C38H44ClN7O5S. The molecule has 5 aromatic rings. The minimum Gasteiger partial charge on any atom is -0.464 e. The Morgan fingerprint density at radius 1 is 1.10 bits per heavy atom. The Morgan fingerprint density at radius 2 is 1.81 bits per heavy atom. The monoisotopic (exact) mass is 745 g/mol. The number of likely N-dealkylation sites (tertiary alicyclic amines) is 2. The molecule has 2 aromatic carbocycles. The highest BCUT2D eigenvalue weighted by atomic mass is 35.5. The fraction of sp³-hybridized carbons (Fsp3) is 0.474. The summed E-state index contributed by atoms with van der Waals surface area (Å²) >= 11 is 7.84. The molecule has 0 aliphatic carbocycles. The van der Waals surface area contributed by atoms with Crippen LogP contribution in [0, 0.1) is 6.92 Å². The van der Waals surface area contributed by atoms with E-state index in [1.54, 1.807) is 18.0 Å². The van der Waals surface area contributed by atoms with Crippen LogP contribution < -0.4 is 0 Å². The van der Waals surface area contributed by atoms with Crippen molar-refractivity contribution >= 4 is 56.4 Å². The van der Waals surface area contributed by atoms with Crippen molar-refractivity contribution in [3.8, 4) is 21.8 Å². The number of esters is 1.